The summed E-state index contributed by atoms with van der Waals surface area (Å²) in [5.74, 6) is 0.744. The van der Waals surface area contributed by atoms with Gasteiger partial charge in [-0.25, -0.2) is 4.98 Å². The van der Waals surface area contributed by atoms with Crippen molar-refractivity contribution in [2.45, 2.75) is 13.0 Å². The number of rotatable bonds is 4. The molecule has 3 aromatic heterocycles. The van der Waals surface area contributed by atoms with Crippen molar-refractivity contribution in [2.24, 2.45) is 5.92 Å². The number of halogens is 1. The van der Waals surface area contributed by atoms with Crippen molar-refractivity contribution in [1.29, 1.82) is 0 Å². The summed E-state index contributed by atoms with van der Waals surface area (Å²) in [6, 6.07) is 6.13. The second-order valence-corrected chi connectivity index (χ2v) is 6.65. The normalized spacial score (nSPS) is 16.4. The zero-order valence-electron chi connectivity index (χ0n) is 11.6. The lowest BCUT2D eigenvalue weighted by atomic mass is 9.93. The number of hydrogen-bond acceptors (Lipinski definition) is 3. The molecule has 0 atom stereocenters. The summed E-state index contributed by atoms with van der Waals surface area (Å²) in [5, 5.41) is 0. The molecule has 0 aromatic carbocycles. The maximum absolute atomic E-state index is 5.12. The SMILES string of the molecule is Brc1ccn2cc(CN3CC(Cc4ccoc4)C3)nc2c1. The number of nitrogens with zero attached hydrogens (tertiary/aromatic N) is 3. The summed E-state index contributed by atoms with van der Waals surface area (Å²) in [6.45, 7) is 3.21. The molecule has 0 unspecified atom stereocenters. The molecule has 1 fully saturated rings. The third-order valence-electron chi connectivity index (χ3n) is 4.00. The summed E-state index contributed by atoms with van der Waals surface area (Å²) < 4.78 is 8.26. The molecular weight excluding hydrogens is 330 g/mol. The van der Waals surface area contributed by atoms with E-state index in [1.807, 2.05) is 24.6 Å². The van der Waals surface area contributed by atoms with E-state index in [1.54, 1.807) is 6.26 Å². The molecule has 3 aromatic rings. The van der Waals surface area contributed by atoms with E-state index in [2.05, 4.69) is 42.5 Å². The fourth-order valence-corrected chi connectivity index (χ4v) is 3.31. The van der Waals surface area contributed by atoms with Gasteiger partial charge in [0.2, 0.25) is 0 Å². The van der Waals surface area contributed by atoms with Crippen LogP contribution in [0.25, 0.3) is 5.65 Å². The predicted octanol–water partition coefficient (Wildman–Crippen LogP) is 3.36. The van der Waals surface area contributed by atoms with Crippen LogP contribution in [-0.4, -0.2) is 27.4 Å². The molecule has 1 aliphatic heterocycles. The molecule has 1 saturated heterocycles. The Kier molecular flexibility index (Phi) is 3.31. The van der Waals surface area contributed by atoms with Gasteiger partial charge in [-0.15, -0.1) is 0 Å². The van der Waals surface area contributed by atoms with Crippen LogP contribution >= 0.6 is 15.9 Å². The molecule has 4 rings (SSSR count). The van der Waals surface area contributed by atoms with Crippen LogP contribution < -0.4 is 0 Å². The molecule has 1 aliphatic rings. The van der Waals surface area contributed by atoms with Crippen LogP contribution in [0.3, 0.4) is 0 Å². The summed E-state index contributed by atoms with van der Waals surface area (Å²) in [6.07, 6.45) is 8.87. The van der Waals surface area contributed by atoms with Gasteiger partial charge in [0.05, 0.1) is 18.2 Å². The standard InChI is InChI=1S/C16H16BrN3O/c17-14-1-3-20-10-15(18-16(20)6-14)9-19-7-13(8-19)5-12-2-4-21-11-12/h1-4,6,10-11,13H,5,7-9H2. The summed E-state index contributed by atoms with van der Waals surface area (Å²) in [4.78, 5) is 7.12. The van der Waals surface area contributed by atoms with Gasteiger partial charge in [0.1, 0.15) is 5.65 Å². The number of fused-ring (bicyclic) bond motifs is 1. The average molecular weight is 346 g/mol. The van der Waals surface area contributed by atoms with Crippen molar-refractivity contribution >= 4 is 21.6 Å². The first kappa shape index (κ1) is 13.1. The fourth-order valence-electron chi connectivity index (χ4n) is 2.99. The average Bonchev–Trinajstić information content (AvgIpc) is 3.04. The first-order valence-corrected chi connectivity index (χ1v) is 7.92. The molecule has 0 N–H and O–H groups in total. The van der Waals surface area contributed by atoms with Gasteiger partial charge in [-0.3, -0.25) is 4.90 Å². The second-order valence-electron chi connectivity index (χ2n) is 5.74. The predicted molar refractivity (Wildman–Crippen MR) is 84.1 cm³/mol. The number of aromatic nitrogens is 2. The Labute approximate surface area is 131 Å². The Hall–Kier alpha value is -1.59. The lowest BCUT2D eigenvalue weighted by Gasteiger charge is -2.38. The van der Waals surface area contributed by atoms with Crippen LogP contribution in [0, 0.1) is 5.92 Å². The number of furan rings is 1. The summed E-state index contributed by atoms with van der Waals surface area (Å²) in [5.41, 5.74) is 3.43. The third kappa shape index (κ3) is 2.76. The number of likely N-dealkylation sites (tertiary alicyclic amines) is 1. The molecule has 108 valence electrons. The lowest BCUT2D eigenvalue weighted by molar-refractivity contribution is 0.0913. The fraction of sp³-hybridized carbons (Fsp3) is 0.312. The first-order valence-electron chi connectivity index (χ1n) is 7.13. The Morgan fingerprint density at radius 2 is 2.24 bits per heavy atom. The smallest absolute Gasteiger partial charge is 0.138 e. The molecule has 5 heteroatoms. The van der Waals surface area contributed by atoms with E-state index in [4.69, 9.17) is 4.42 Å². The van der Waals surface area contributed by atoms with Gasteiger partial charge in [-0.2, -0.15) is 0 Å². The molecule has 4 nitrogen and oxygen atoms in total. The summed E-state index contributed by atoms with van der Waals surface area (Å²) >= 11 is 3.48. The first-order chi connectivity index (χ1) is 10.3. The highest BCUT2D eigenvalue weighted by molar-refractivity contribution is 9.10. The van der Waals surface area contributed by atoms with Gasteiger partial charge in [-0.05, 0) is 36.1 Å². The highest BCUT2D eigenvalue weighted by Crippen LogP contribution is 2.23. The van der Waals surface area contributed by atoms with Crippen molar-refractivity contribution in [1.82, 2.24) is 14.3 Å². The Balaban J connectivity index is 1.36. The molecule has 0 aliphatic carbocycles. The molecule has 0 amide bonds. The van der Waals surface area contributed by atoms with Crippen LogP contribution in [0.1, 0.15) is 11.3 Å². The van der Waals surface area contributed by atoms with E-state index in [0.717, 1.165) is 47.8 Å². The van der Waals surface area contributed by atoms with Crippen LogP contribution in [0.2, 0.25) is 0 Å². The van der Waals surface area contributed by atoms with Gasteiger partial charge in [-0.1, -0.05) is 15.9 Å². The lowest BCUT2D eigenvalue weighted by Crippen LogP contribution is -2.46. The van der Waals surface area contributed by atoms with Crippen molar-refractivity contribution in [2.75, 3.05) is 13.1 Å². The number of imidazole rings is 1. The molecule has 0 bridgehead atoms. The monoisotopic (exact) mass is 345 g/mol. The summed E-state index contributed by atoms with van der Waals surface area (Å²) in [7, 11) is 0. The maximum Gasteiger partial charge on any atom is 0.138 e. The van der Waals surface area contributed by atoms with Gasteiger partial charge < -0.3 is 8.82 Å². The Bertz CT molecular complexity index is 744. The maximum atomic E-state index is 5.12. The van der Waals surface area contributed by atoms with Crippen molar-refractivity contribution in [3.05, 3.63) is 58.8 Å². The van der Waals surface area contributed by atoms with E-state index < -0.39 is 0 Å². The largest absolute Gasteiger partial charge is 0.472 e. The van der Waals surface area contributed by atoms with Gasteiger partial charge in [0.15, 0.2) is 0 Å². The molecule has 0 saturated carbocycles. The van der Waals surface area contributed by atoms with E-state index in [9.17, 15) is 0 Å². The van der Waals surface area contributed by atoms with Crippen LogP contribution in [0.15, 0.2) is 52.0 Å². The second kappa shape index (κ2) is 5.31. The van der Waals surface area contributed by atoms with E-state index in [1.165, 1.54) is 5.56 Å². The molecule has 21 heavy (non-hydrogen) atoms. The van der Waals surface area contributed by atoms with E-state index in [-0.39, 0.29) is 0 Å². The van der Waals surface area contributed by atoms with E-state index >= 15 is 0 Å². The van der Waals surface area contributed by atoms with Crippen LogP contribution in [0.4, 0.5) is 0 Å². The third-order valence-corrected chi connectivity index (χ3v) is 4.49. The number of pyridine rings is 1. The van der Waals surface area contributed by atoms with Crippen LogP contribution in [0.5, 0.6) is 0 Å². The number of hydrogen-bond donors (Lipinski definition) is 0. The molecule has 0 radical (unpaired) electrons. The minimum atomic E-state index is 0.744. The molecule has 4 heterocycles. The highest BCUT2D eigenvalue weighted by atomic mass is 79.9. The zero-order valence-corrected chi connectivity index (χ0v) is 13.2. The Morgan fingerprint density at radius 3 is 3.05 bits per heavy atom. The molecule has 0 spiro atoms. The molecular formula is C16H16BrN3O. The van der Waals surface area contributed by atoms with Crippen molar-refractivity contribution in [3.63, 3.8) is 0 Å². The Morgan fingerprint density at radius 1 is 1.33 bits per heavy atom. The minimum absolute atomic E-state index is 0.744. The van der Waals surface area contributed by atoms with Crippen LogP contribution in [-0.2, 0) is 13.0 Å². The van der Waals surface area contributed by atoms with E-state index in [0.29, 0.717) is 0 Å². The highest BCUT2D eigenvalue weighted by Gasteiger charge is 2.27. The van der Waals surface area contributed by atoms with Gasteiger partial charge >= 0.3 is 0 Å². The van der Waals surface area contributed by atoms with Crippen molar-refractivity contribution in [3.8, 4) is 0 Å². The topological polar surface area (TPSA) is 33.7 Å². The minimum Gasteiger partial charge on any atom is -0.472 e. The quantitative estimate of drug-likeness (QED) is 0.726. The zero-order chi connectivity index (χ0) is 14.2. The van der Waals surface area contributed by atoms with Gasteiger partial charge in [0.25, 0.3) is 0 Å². The van der Waals surface area contributed by atoms with Gasteiger partial charge in [0, 0.05) is 36.5 Å². The van der Waals surface area contributed by atoms with Crippen molar-refractivity contribution < 1.29 is 4.42 Å².